The number of amides is 2. The van der Waals surface area contributed by atoms with Crippen molar-refractivity contribution in [1.29, 1.82) is 5.26 Å². The summed E-state index contributed by atoms with van der Waals surface area (Å²) in [6, 6.07) is 4.98. The highest BCUT2D eigenvalue weighted by Crippen LogP contribution is 2.33. The molecule has 24 heavy (non-hydrogen) atoms. The minimum absolute atomic E-state index is 0.0202. The Morgan fingerprint density at radius 1 is 1.33 bits per heavy atom. The number of halogens is 3. The van der Waals surface area contributed by atoms with E-state index in [0.29, 0.717) is 0 Å². The fourth-order valence-electron chi connectivity index (χ4n) is 2.83. The largest absolute Gasteiger partial charge is 0.408 e. The summed E-state index contributed by atoms with van der Waals surface area (Å²) in [6.45, 7) is 1.05. The van der Waals surface area contributed by atoms with E-state index in [-0.39, 0.29) is 36.4 Å². The molecule has 1 aliphatic heterocycles. The Morgan fingerprint density at radius 3 is 2.62 bits per heavy atom. The van der Waals surface area contributed by atoms with Gasteiger partial charge in [-0.25, -0.2) is 0 Å². The lowest BCUT2D eigenvalue weighted by Crippen LogP contribution is -2.58. The van der Waals surface area contributed by atoms with Crippen LogP contribution in [0.3, 0.4) is 0 Å². The number of nitrogens with zero attached hydrogens (tertiary/aromatic N) is 2. The van der Waals surface area contributed by atoms with Crippen molar-refractivity contribution >= 4 is 11.8 Å². The first-order valence-electron chi connectivity index (χ1n) is 7.37. The first-order chi connectivity index (χ1) is 11.2. The second kappa shape index (κ2) is 6.91. The second-order valence-electron chi connectivity index (χ2n) is 5.68. The Balaban J connectivity index is 2.30. The maximum Gasteiger partial charge on any atom is 0.408 e. The molecule has 2 amide bonds. The molecule has 2 rings (SSSR count). The maximum absolute atomic E-state index is 13.3. The summed E-state index contributed by atoms with van der Waals surface area (Å²) in [7, 11) is 0. The predicted octanol–water partition coefficient (Wildman–Crippen LogP) is 2.23. The van der Waals surface area contributed by atoms with Crippen LogP contribution in [0.2, 0.25) is 0 Å². The van der Waals surface area contributed by atoms with Crippen molar-refractivity contribution in [1.82, 2.24) is 10.2 Å². The molecule has 1 N–H and O–H groups in total. The molecular formula is C16H16F3N3O2. The number of hydrogen-bond acceptors (Lipinski definition) is 3. The number of hydrogen-bond donors (Lipinski definition) is 1. The number of rotatable bonds is 2. The number of piperidine rings is 1. The van der Waals surface area contributed by atoms with Gasteiger partial charge in [-0.2, -0.15) is 18.4 Å². The highest BCUT2D eigenvalue weighted by atomic mass is 19.4. The molecule has 128 valence electrons. The Labute approximate surface area is 137 Å². The third kappa shape index (κ3) is 4.04. The van der Waals surface area contributed by atoms with Gasteiger partial charge < -0.3 is 10.2 Å². The van der Waals surface area contributed by atoms with Gasteiger partial charge in [0, 0.05) is 25.1 Å². The second-order valence-corrected chi connectivity index (χ2v) is 5.68. The number of nitriles is 1. The van der Waals surface area contributed by atoms with Crippen molar-refractivity contribution < 1.29 is 22.8 Å². The number of nitrogens with one attached hydrogen (secondary N) is 1. The highest BCUT2D eigenvalue weighted by Gasteiger charge is 2.48. The summed E-state index contributed by atoms with van der Waals surface area (Å²) in [5, 5.41) is 11.4. The van der Waals surface area contributed by atoms with Gasteiger partial charge in [-0.1, -0.05) is 6.07 Å². The van der Waals surface area contributed by atoms with Crippen LogP contribution in [0.15, 0.2) is 24.3 Å². The van der Waals surface area contributed by atoms with E-state index in [2.05, 4.69) is 5.32 Å². The molecule has 0 bridgehead atoms. The van der Waals surface area contributed by atoms with Crippen LogP contribution < -0.4 is 5.32 Å². The zero-order valence-corrected chi connectivity index (χ0v) is 12.9. The van der Waals surface area contributed by atoms with E-state index < -0.39 is 24.2 Å². The molecule has 1 aromatic rings. The van der Waals surface area contributed by atoms with Crippen LogP contribution in [-0.2, 0) is 4.79 Å². The summed E-state index contributed by atoms with van der Waals surface area (Å²) in [4.78, 5) is 24.4. The van der Waals surface area contributed by atoms with Crippen molar-refractivity contribution in [3.05, 3.63) is 35.4 Å². The van der Waals surface area contributed by atoms with Gasteiger partial charge in [0.25, 0.3) is 5.91 Å². The Kier molecular flexibility index (Phi) is 5.12. The van der Waals surface area contributed by atoms with Crippen molar-refractivity contribution in [3.63, 3.8) is 0 Å². The molecule has 1 aliphatic rings. The summed E-state index contributed by atoms with van der Waals surface area (Å²) < 4.78 is 39.8. The lowest BCUT2D eigenvalue weighted by atomic mass is 9.96. The number of carbonyl (C=O) groups excluding carboxylic acids is 2. The first kappa shape index (κ1) is 17.8. The molecule has 1 fully saturated rings. The zero-order valence-electron chi connectivity index (χ0n) is 12.9. The molecule has 0 aliphatic carbocycles. The van der Waals surface area contributed by atoms with E-state index in [1.54, 1.807) is 0 Å². The quantitative estimate of drug-likeness (QED) is 0.898. The van der Waals surface area contributed by atoms with Crippen LogP contribution >= 0.6 is 0 Å². The van der Waals surface area contributed by atoms with Crippen LogP contribution in [0.4, 0.5) is 13.2 Å². The molecule has 0 unspecified atom stereocenters. The standard InChI is InChI=1S/C16H16F3N3O2/c1-10(23)21-13-5-6-14(16(17,18)19)22(9-13)15(24)12-4-2-3-11(7-12)8-20/h2-4,7,13-14H,5-6,9H2,1H3,(H,21,23)/t13-,14+/m1/s1. The van der Waals surface area contributed by atoms with Crippen LogP contribution in [0, 0.1) is 11.3 Å². The van der Waals surface area contributed by atoms with Gasteiger partial charge in [0.1, 0.15) is 6.04 Å². The van der Waals surface area contributed by atoms with E-state index in [9.17, 15) is 22.8 Å². The molecule has 0 radical (unpaired) electrons. The van der Waals surface area contributed by atoms with Gasteiger partial charge >= 0.3 is 6.18 Å². The minimum atomic E-state index is -4.55. The molecule has 0 spiro atoms. The molecule has 8 heteroatoms. The summed E-state index contributed by atoms with van der Waals surface area (Å²) >= 11 is 0. The highest BCUT2D eigenvalue weighted by molar-refractivity contribution is 5.95. The van der Waals surface area contributed by atoms with Crippen molar-refractivity contribution in [2.45, 2.75) is 38.0 Å². The molecular weight excluding hydrogens is 323 g/mol. The van der Waals surface area contributed by atoms with E-state index >= 15 is 0 Å². The number of benzene rings is 1. The Bertz CT molecular complexity index is 682. The van der Waals surface area contributed by atoms with Crippen molar-refractivity contribution in [2.24, 2.45) is 0 Å². The molecule has 0 aromatic heterocycles. The number of alkyl halides is 3. The summed E-state index contributed by atoms with van der Waals surface area (Å²) in [5.74, 6) is -1.16. The van der Waals surface area contributed by atoms with Crippen LogP contribution in [0.5, 0.6) is 0 Å². The first-order valence-corrected chi connectivity index (χ1v) is 7.37. The lowest BCUT2D eigenvalue weighted by Gasteiger charge is -2.40. The van der Waals surface area contributed by atoms with E-state index in [0.717, 1.165) is 4.90 Å². The van der Waals surface area contributed by atoms with Crippen LogP contribution in [-0.4, -0.2) is 41.5 Å². The fraction of sp³-hybridized carbons (Fsp3) is 0.438. The summed E-state index contributed by atoms with van der Waals surface area (Å²) in [6.07, 6.45) is -4.69. The van der Waals surface area contributed by atoms with Gasteiger partial charge in [0.2, 0.25) is 5.91 Å². The predicted molar refractivity (Wildman–Crippen MR) is 78.9 cm³/mol. The molecule has 1 aromatic carbocycles. The normalized spacial score (nSPS) is 21.0. The summed E-state index contributed by atoms with van der Waals surface area (Å²) in [5.41, 5.74) is 0.214. The molecule has 5 nitrogen and oxygen atoms in total. The minimum Gasteiger partial charge on any atom is -0.352 e. The molecule has 1 saturated heterocycles. The Hall–Kier alpha value is -2.56. The van der Waals surface area contributed by atoms with Gasteiger partial charge in [-0.15, -0.1) is 0 Å². The molecule has 0 saturated carbocycles. The zero-order chi connectivity index (χ0) is 17.9. The van der Waals surface area contributed by atoms with Gasteiger partial charge in [-0.05, 0) is 31.0 Å². The average molecular weight is 339 g/mol. The number of likely N-dealkylation sites (tertiary alicyclic amines) is 1. The third-order valence-corrected chi connectivity index (χ3v) is 3.87. The molecule has 2 atom stereocenters. The molecule has 1 heterocycles. The number of carbonyl (C=O) groups is 2. The fourth-order valence-corrected chi connectivity index (χ4v) is 2.83. The lowest BCUT2D eigenvalue weighted by molar-refractivity contribution is -0.184. The monoisotopic (exact) mass is 339 g/mol. The van der Waals surface area contributed by atoms with Crippen molar-refractivity contribution in [3.8, 4) is 6.07 Å². The van der Waals surface area contributed by atoms with Gasteiger partial charge in [0.05, 0.1) is 11.6 Å². The SMILES string of the molecule is CC(=O)N[C@@H]1CC[C@@H](C(F)(F)F)N(C(=O)c2cccc(C#N)c2)C1. The maximum atomic E-state index is 13.3. The smallest absolute Gasteiger partial charge is 0.352 e. The van der Waals surface area contributed by atoms with E-state index in [1.165, 1.54) is 31.2 Å². The van der Waals surface area contributed by atoms with Crippen molar-refractivity contribution in [2.75, 3.05) is 6.54 Å². The van der Waals surface area contributed by atoms with Crippen LogP contribution in [0.1, 0.15) is 35.7 Å². The average Bonchev–Trinajstić information content (AvgIpc) is 2.52. The Morgan fingerprint density at radius 2 is 2.04 bits per heavy atom. The van der Waals surface area contributed by atoms with E-state index in [4.69, 9.17) is 5.26 Å². The van der Waals surface area contributed by atoms with E-state index in [1.807, 2.05) is 6.07 Å². The van der Waals surface area contributed by atoms with Gasteiger partial charge in [-0.3, -0.25) is 9.59 Å². The van der Waals surface area contributed by atoms with Gasteiger partial charge in [0.15, 0.2) is 0 Å². The topological polar surface area (TPSA) is 73.2 Å². The van der Waals surface area contributed by atoms with Crippen LogP contribution in [0.25, 0.3) is 0 Å². The third-order valence-electron chi connectivity index (χ3n) is 3.87.